The Morgan fingerprint density at radius 2 is 2.03 bits per heavy atom. The quantitative estimate of drug-likeness (QED) is 0.350. The summed E-state index contributed by atoms with van der Waals surface area (Å²) in [6.45, 7) is 2.85. The first kappa shape index (κ1) is 25.3. The summed E-state index contributed by atoms with van der Waals surface area (Å²) < 4.78 is 27.0. The first-order valence-corrected chi connectivity index (χ1v) is 14.6. The Hall–Kier alpha value is -2.39. The second-order valence-corrected chi connectivity index (χ2v) is 11.6. The van der Waals surface area contributed by atoms with Crippen molar-refractivity contribution >= 4 is 41.3 Å². The lowest BCUT2D eigenvalue weighted by Crippen LogP contribution is -2.37. The fraction of sp³-hybridized carbons (Fsp3) is 0.346. The lowest BCUT2D eigenvalue weighted by molar-refractivity contribution is -0.115. The summed E-state index contributed by atoms with van der Waals surface area (Å²) >= 11 is 0. The zero-order valence-corrected chi connectivity index (χ0v) is 22.2. The van der Waals surface area contributed by atoms with Gasteiger partial charge in [-0.3, -0.25) is 4.21 Å². The third-order valence-electron chi connectivity index (χ3n) is 6.12. The highest BCUT2D eigenvalue weighted by molar-refractivity contribution is 7.85. The van der Waals surface area contributed by atoms with E-state index >= 15 is 0 Å². The highest BCUT2D eigenvalue weighted by Crippen LogP contribution is 2.41. The van der Waals surface area contributed by atoms with Gasteiger partial charge in [-0.1, -0.05) is 30.3 Å². The number of nitrogens with zero attached hydrogens (tertiary/aromatic N) is 2. The number of benzene rings is 2. The van der Waals surface area contributed by atoms with Gasteiger partial charge in [-0.15, -0.1) is 0 Å². The minimum atomic E-state index is -1.91. The van der Waals surface area contributed by atoms with Crippen LogP contribution in [0.15, 0.2) is 54.7 Å². The molecule has 0 spiro atoms. The van der Waals surface area contributed by atoms with E-state index < -0.39 is 19.4 Å². The molecule has 2 fully saturated rings. The van der Waals surface area contributed by atoms with Gasteiger partial charge in [0, 0.05) is 46.3 Å². The molecule has 8 nitrogen and oxygen atoms in total. The van der Waals surface area contributed by atoms with Gasteiger partial charge in [-0.2, -0.15) is 5.06 Å². The molecule has 3 atom stereocenters. The number of hydrogen-bond donors (Lipinski definition) is 2. The van der Waals surface area contributed by atoms with Crippen LogP contribution in [0.3, 0.4) is 0 Å². The van der Waals surface area contributed by atoms with Gasteiger partial charge in [-0.05, 0) is 54.7 Å². The van der Waals surface area contributed by atoms with E-state index in [-0.39, 0.29) is 6.10 Å². The van der Waals surface area contributed by atoms with E-state index in [0.717, 1.165) is 44.4 Å². The van der Waals surface area contributed by atoms with E-state index in [0.29, 0.717) is 18.4 Å². The Kier molecular flexibility index (Phi) is 7.67. The van der Waals surface area contributed by atoms with Crippen LogP contribution in [-0.2, 0) is 19.9 Å². The molecule has 1 aliphatic heterocycles. The molecular formula is C26H30N3O5PS. The summed E-state index contributed by atoms with van der Waals surface area (Å²) in [5.74, 6) is 0.723. The lowest BCUT2D eigenvalue weighted by atomic mass is 9.99. The van der Waals surface area contributed by atoms with Gasteiger partial charge < -0.3 is 19.1 Å². The van der Waals surface area contributed by atoms with Gasteiger partial charge in [-0.25, -0.2) is 9.61 Å². The van der Waals surface area contributed by atoms with Crippen LogP contribution in [0, 0.1) is 6.92 Å². The van der Waals surface area contributed by atoms with Crippen LogP contribution in [0.25, 0.3) is 33.1 Å². The molecule has 6 rings (SSSR count). The van der Waals surface area contributed by atoms with E-state index in [1.165, 1.54) is 12.8 Å². The van der Waals surface area contributed by atoms with Crippen molar-refractivity contribution in [3.8, 4) is 16.9 Å². The molecule has 3 unspecified atom stereocenters. The molecule has 2 aliphatic rings. The molecule has 0 amide bonds. The van der Waals surface area contributed by atoms with Crippen LogP contribution < -0.4 is 4.74 Å². The number of ether oxygens (including phenoxy) is 1. The van der Waals surface area contributed by atoms with Gasteiger partial charge >= 0.3 is 8.60 Å². The van der Waals surface area contributed by atoms with Crippen molar-refractivity contribution in [2.75, 3.05) is 26.5 Å². The number of nitrogens with one attached hydrogen (secondary N) is 1. The van der Waals surface area contributed by atoms with Crippen molar-refractivity contribution in [1.82, 2.24) is 15.0 Å². The fourth-order valence-corrected chi connectivity index (χ4v) is 5.76. The summed E-state index contributed by atoms with van der Waals surface area (Å²) in [4.78, 5) is 17.7. The highest BCUT2D eigenvalue weighted by atomic mass is 32.2. The molecule has 10 heteroatoms. The highest BCUT2D eigenvalue weighted by Gasteiger charge is 2.28. The zero-order valence-electron chi connectivity index (χ0n) is 20.5. The summed E-state index contributed by atoms with van der Waals surface area (Å²) in [6, 6.07) is 16.5. The maximum atomic E-state index is 10.3. The summed E-state index contributed by atoms with van der Waals surface area (Å²) in [5, 5.41) is 4.30. The summed E-state index contributed by atoms with van der Waals surface area (Å²) in [7, 11) is -0.655. The summed E-state index contributed by atoms with van der Waals surface area (Å²) in [6.07, 6.45) is 5.74. The van der Waals surface area contributed by atoms with Gasteiger partial charge in [0.1, 0.15) is 24.1 Å². The molecule has 4 aromatic rings. The van der Waals surface area contributed by atoms with Gasteiger partial charge in [0.05, 0.1) is 12.1 Å². The van der Waals surface area contributed by atoms with E-state index in [1.54, 1.807) is 18.4 Å². The predicted octanol–water partition coefficient (Wildman–Crippen LogP) is 5.08. The number of likely N-dealkylation sites (N-methyl/N-ethyl adjacent to an activating group) is 1. The molecule has 1 saturated carbocycles. The van der Waals surface area contributed by atoms with Crippen molar-refractivity contribution < 1.29 is 23.0 Å². The van der Waals surface area contributed by atoms with E-state index in [9.17, 15) is 9.10 Å². The fourth-order valence-electron chi connectivity index (χ4n) is 4.23. The maximum absolute atomic E-state index is 10.3. The Morgan fingerprint density at radius 3 is 2.69 bits per heavy atom. The monoisotopic (exact) mass is 527 g/mol. The number of aromatic amines is 1. The standard InChI is InChI=1S/C22H22N3O4P.C4H8OS/c1-14-10-18-20-17(15-6-4-3-5-7-15)8-9-19(21(20)24-22(18)23-11-14)27-13-16-12-25(2)29-30(26)28-16;1-6(5)4-2-3-4/h3-11,16,26H,12-13H2,1-2H3,(H,23,24);4H,2-3H2,1H3. The molecule has 190 valence electrons. The van der Waals surface area contributed by atoms with Crippen molar-refractivity contribution in [2.45, 2.75) is 31.1 Å². The van der Waals surface area contributed by atoms with Crippen LogP contribution in [0.4, 0.5) is 0 Å². The topological polar surface area (TPSA) is 96.9 Å². The number of rotatable bonds is 5. The number of fused-ring (bicyclic) bond motifs is 3. The van der Waals surface area contributed by atoms with E-state index in [2.05, 4.69) is 34.2 Å². The first-order chi connectivity index (χ1) is 17.4. The molecule has 3 heterocycles. The molecule has 1 aliphatic carbocycles. The largest absolute Gasteiger partial charge is 0.489 e. The Morgan fingerprint density at radius 1 is 1.25 bits per heavy atom. The third kappa shape index (κ3) is 5.78. The second-order valence-electron chi connectivity index (χ2n) is 9.13. The van der Waals surface area contributed by atoms with Crippen molar-refractivity contribution in [2.24, 2.45) is 0 Å². The maximum Gasteiger partial charge on any atom is 0.348 e. The third-order valence-corrected chi connectivity index (χ3v) is 8.42. The van der Waals surface area contributed by atoms with Crippen LogP contribution in [0.5, 0.6) is 5.75 Å². The smallest absolute Gasteiger partial charge is 0.348 e. The average molecular weight is 528 g/mol. The Bertz CT molecular complexity index is 1370. The molecular weight excluding hydrogens is 497 g/mol. The zero-order chi connectivity index (χ0) is 25.2. The van der Waals surface area contributed by atoms with Crippen molar-refractivity contribution in [3.05, 3.63) is 60.3 Å². The molecule has 2 aromatic carbocycles. The Balaban J connectivity index is 0.000000391. The molecule has 36 heavy (non-hydrogen) atoms. The number of H-pyrrole nitrogens is 1. The second kappa shape index (κ2) is 10.9. The number of aryl methyl sites for hydroxylation is 1. The molecule has 2 aromatic heterocycles. The predicted molar refractivity (Wildman–Crippen MR) is 144 cm³/mol. The first-order valence-electron chi connectivity index (χ1n) is 11.9. The molecule has 2 N–H and O–H groups in total. The van der Waals surface area contributed by atoms with Crippen molar-refractivity contribution in [3.63, 3.8) is 0 Å². The normalized spacial score (nSPS) is 21.2. The van der Waals surface area contributed by atoms with Gasteiger partial charge in [0.25, 0.3) is 0 Å². The van der Waals surface area contributed by atoms with E-state index in [4.69, 9.17) is 13.9 Å². The SMILES string of the molecule is CS(=O)C1CC1.Cc1cnc2[nH]c3c(OCC4CN(C)OP(O)O4)ccc(-c4ccccc4)c3c2c1. The lowest BCUT2D eigenvalue weighted by Gasteiger charge is -2.31. The van der Waals surface area contributed by atoms with E-state index in [1.807, 2.05) is 37.4 Å². The minimum absolute atomic E-state index is 0.284. The minimum Gasteiger partial charge on any atom is -0.489 e. The number of hydroxylamine groups is 2. The number of hydrogen-bond acceptors (Lipinski definition) is 7. The molecule has 1 saturated heterocycles. The number of pyridine rings is 1. The van der Waals surface area contributed by atoms with Crippen molar-refractivity contribution in [1.29, 1.82) is 0 Å². The molecule has 0 radical (unpaired) electrons. The Labute approximate surface area is 214 Å². The average Bonchev–Trinajstić information content (AvgIpc) is 3.65. The molecule has 0 bridgehead atoms. The number of aromatic nitrogens is 2. The van der Waals surface area contributed by atoms with Gasteiger partial charge in [0.2, 0.25) is 0 Å². The van der Waals surface area contributed by atoms with Crippen LogP contribution >= 0.6 is 8.60 Å². The summed E-state index contributed by atoms with van der Waals surface area (Å²) in [5.41, 5.74) is 5.08. The van der Waals surface area contributed by atoms with Crippen LogP contribution in [0.1, 0.15) is 18.4 Å². The van der Waals surface area contributed by atoms with Crippen LogP contribution in [-0.4, -0.2) is 61.9 Å². The van der Waals surface area contributed by atoms with Gasteiger partial charge in [0.15, 0.2) is 0 Å². The van der Waals surface area contributed by atoms with Crippen LogP contribution in [0.2, 0.25) is 0 Å².